The van der Waals surface area contributed by atoms with Crippen molar-refractivity contribution in [1.82, 2.24) is 0 Å². The van der Waals surface area contributed by atoms with E-state index in [1.807, 2.05) is 0 Å². The molecule has 0 N–H and O–H groups in total. The molecule has 0 saturated heterocycles. The monoisotopic (exact) mass is 166 g/mol. The third-order valence-corrected chi connectivity index (χ3v) is 1.93. The maximum atomic E-state index is 10.3. The zero-order valence-corrected chi connectivity index (χ0v) is 5.95. The van der Waals surface area contributed by atoms with Gasteiger partial charge in [0.2, 0.25) is 10.5 Å². The van der Waals surface area contributed by atoms with Crippen LogP contribution >= 0.6 is 23.2 Å². The van der Waals surface area contributed by atoms with Gasteiger partial charge in [-0.25, -0.2) is 0 Å². The second kappa shape index (κ2) is 2.27. The van der Waals surface area contributed by atoms with Crippen molar-refractivity contribution in [3.05, 3.63) is 0 Å². The first-order valence-electron chi connectivity index (χ1n) is 2.51. The van der Waals surface area contributed by atoms with E-state index in [-0.39, 0.29) is 11.8 Å². The molecule has 4 heteroatoms. The number of hydrogen-bond acceptors (Lipinski definition) is 2. The van der Waals surface area contributed by atoms with E-state index in [1.54, 1.807) is 0 Å². The number of carbonyl (C=O) groups is 2. The van der Waals surface area contributed by atoms with Crippen LogP contribution in [0.25, 0.3) is 0 Å². The maximum absolute atomic E-state index is 10.3. The summed E-state index contributed by atoms with van der Waals surface area (Å²) in [5.74, 6) is -0.590. The third kappa shape index (κ3) is 1.43. The Morgan fingerprint density at radius 3 is 1.56 bits per heavy atom. The fourth-order valence-corrected chi connectivity index (χ4v) is 1.18. The molecule has 50 valence electrons. The summed E-state index contributed by atoms with van der Waals surface area (Å²) < 4.78 is 0. The molecule has 0 aromatic heterocycles. The third-order valence-electron chi connectivity index (χ3n) is 1.37. The largest absolute Gasteiger partial charge is 0.281 e. The summed E-state index contributed by atoms with van der Waals surface area (Å²) in [5.41, 5.74) is 0. The van der Waals surface area contributed by atoms with Gasteiger partial charge in [0.25, 0.3) is 0 Å². The molecule has 2 nitrogen and oxygen atoms in total. The Kier molecular flexibility index (Phi) is 1.78. The van der Waals surface area contributed by atoms with Gasteiger partial charge >= 0.3 is 0 Å². The summed E-state index contributed by atoms with van der Waals surface area (Å²) in [6.45, 7) is 0. The van der Waals surface area contributed by atoms with E-state index in [4.69, 9.17) is 23.2 Å². The van der Waals surface area contributed by atoms with Crippen LogP contribution in [0.4, 0.5) is 0 Å². The quantitative estimate of drug-likeness (QED) is 0.578. The zero-order valence-electron chi connectivity index (χ0n) is 4.43. The smallest absolute Gasteiger partial charge is 0.225 e. The molecule has 9 heavy (non-hydrogen) atoms. The van der Waals surface area contributed by atoms with Crippen LogP contribution in [0, 0.1) is 11.8 Å². The summed E-state index contributed by atoms with van der Waals surface area (Å²) in [6.07, 6.45) is 0.532. The highest BCUT2D eigenvalue weighted by molar-refractivity contribution is 6.67. The Labute approximate surface area is 62.1 Å². The molecule has 0 radical (unpaired) electrons. The van der Waals surface area contributed by atoms with Gasteiger partial charge in [-0.3, -0.25) is 9.59 Å². The van der Waals surface area contributed by atoms with Gasteiger partial charge < -0.3 is 0 Å². The summed E-state index contributed by atoms with van der Waals surface area (Å²) in [4.78, 5) is 20.6. The Morgan fingerprint density at radius 1 is 1.11 bits per heavy atom. The van der Waals surface area contributed by atoms with Crippen LogP contribution in [-0.4, -0.2) is 10.5 Å². The van der Waals surface area contributed by atoms with Crippen LogP contribution in [0.1, 0.15) is 6.42 Å². The summed E-state index contributed by atoms with van der Waals surface area (Å²) in [6, 6.07) is 0. The molecule has 1 aliphatic carbocycles. The summed E-state index contributed by atoms with van der Waals surface area (Å²) >= 11 is 10.1. The van der Waals surface area contributed by atoms with Crippen molar-refractivity contribution in [1.29, 1.82) is 0 Å². The molecule has 0 aromatic carbocycles. The average Bonchev–Trinajstić information content (AvgIpc) is 2.39. The predicted octanol–water partition coefficient (Wildman–Crippen LogP) is 1.15. The number of carbonyl (C=O) groups excluding carboxylic acids is 2. The minimum atomic E-state index is -0.450. The highest BCUT2D eigenvalue weighted by Gasteiger charge is 2.46. The van der Waals surface area contributed by atoms with Crippen LogP contribution in [0.2, 0.25) is 0 Å². The Balaban J connectivity index is 2.42. The van der Waals surface area contributed by atoms with E-state index in [9.17, 15) is 9.59 Å². The molecule has 1 saturated carbocycles. The van der Waals surface area contributed by atoms with Gasteiger partial charge in [-0.05, 0) is 29.6 Å². The van der Waals surface area contributed by atoms with Crippen LogP contribution in [0.3, 0.4) is 0 Å². The van der Waals surface area contributed by atoms with Crippen molar-refractivity contribution in [2.45, 2.75) is 6.42 Å². The van der Waals surface area contributed by atoms with Crippen molar-refractivity contribution in [2.75, 3.05) is 0 Å². The highest BCUT2D eigenvalue weighted by atomic mass is 35.5. The lowest BCUT2D eigenvalue weighted by Crippen LogP contribution is -1.96. The van der Waals surface area contributed by atoms with E-state index in [1.165, 1.54) is 0 Å². The zero-order chi connectivity index (χ0) is 7.02. The van der Waals surface area contributed by atoms with Crippen molar-refractivity contribution in [3.8, 4) is 0 Å². The molecule has 1 rings (SSSR count). The van der Waals surface area contributed by atoms with E-state index >= 15 is 0 Å². The molecule has 0 aromatic rings. The topological polar surface area (TPSA) is 34.1 Å². The normalized spacial score (nSPS) is 31.8. The van der Waals surface area contributed by atoms with Crippen molar-refractivity contribution >= 4 is 33.7 Å². The molecule has 0 bridgehead atoms. The SMILES string of the molecule is O=C(Cl)C1C[C@H]1C(=O)Cl. The lowest BCUT2D eigenvalue weighted by molar-refractivity contribution is -0.117. The maximum Gasteiger partial charge on any atom is 0.225 e. The van der Waals surface area contributed by atoms with Gasteiger partial charge in [0.15, 0.2) is 0 Å². The van der Waals surface area contributed by atoms with Crippen LogP contribution in [-0.2, 0) is 9.59 Å². The average molecular weight is 167 g/mol. The van der Waals surface area contributed by atoms with Gasteiger partial charge in [-0.1, -0.05) is 0 Å². The molecule has 2 atom stereocenters. The molecule has 0 spiro atoms. The molecule has 1 fully saturated rings. The van der Waals surface area contributed by atoms with E-state index in [2.05, 4.69) is 0 Å². The van der Waals surface area contributed by atoms with Crippen molar-refractivity contribution in [3.63, 3.8) is 0 Å². The summed E-state index contributed by atoms with van der Waals surface area (Å²) in [5, 5.41) is -0.900. The molecule has 0 amide bonds. The number of rotatable bonds is 2. The minimum absolute atomic E-state index is 0.295. The van der Waals surface area contributed by atoms with Crippen molar-refractivity contribution < 1.29 is 9.59 Å². The van der Waals surface area contributed by atoms with Crippen molar-refractivity contribution in [2.24, 2.45) is 11.8 Å². The Morgan fingerprint density at radius 2 is 1.44 bits per heavy atom. The van der Waals surface area contributed by atoms with E-state index in [0.29, 0.717) is 6.42 Å². The Bertz CT molecular complexity index is 148. The van der Waals surface area contributed by atoms with E-state index < -0.39 is 10.5 Å². The summed E-state index contributed by atoms with van der Waals surface area (Å²) in [7, 11) is 0. The number of hydrogen-bond donors (Lipinski definition) is 0. The van der Waals surface area contributed by atoms with Crippen LogP contribution < -0.4 is 0 Å². The van der Waals surface area contributed by atoms with Gasteiger partial charge in [-0.2, -0.15) is 0 Å². The first kappa shape index (κ1) is 7.03. The molecule has 1 unspecified atom stereocenters. The fourth-order valence-electron chi connectivity index (χ4n) is 0.697. The molecule has 0 heterocycles. The molecular weight excluding hydrogens is 163 g/mol. The van der Waals surface area contributed by atoms with Gasteiger partial charge in [0.1, 0.15) is 0 Å². The predicted molar refractivity (Wildman–Crippen MR) is 33.3 cm³/mol. The second-order valence-electron chi connectivity index (χ2n) is 2.06. The molecule has 1 aliphatic rings. The lowest BCUT2D eigenvalue weighted by Gasteiger charge is -1.82. The molecular formula is C5H4Cl2O2. The van der Waals surface area contributed by atoms with Gasteiger partial charge in [0.05, 0.1) is 0 Å². The minimum Gasteiger partial charge on any atom is -0.281 e. The Hall–Kier alpha value is -0.0800. The van der Waals surface area contributed by atoms with Gasteiger partial charge in [0, 0.05) is 11.8 Å². The van der Waals surface area contributed by atoms with Gasteiger partial charge in [-0.15, -0.1) is 0 Å². The van der Waals surface area contributed by atoms with Crippen LogP contribution in [0.5, 0.6) is 0 Å². The fraction of sp³-hybridized carbons (Fsp3) is 0.600. The standard InChI is InChI=1S/C5H4Cl2O2/c6-4(8)2-1-3(2)5(7)9/h2-3H,1H2/t2-,3?/m1/s1. The highest BCUT2D eigenvalue weighted by Crippen LogP contribution is 2.41. The lowest BCUT2D eigenvalue weighted by atomic mass is 10.4. The van der Waals surface area contributed by atoms with Crippen LogP contribution in [0.15, 0.2) is 0 Å². The second-order valence-corrected chi connectivity index (χ2v) is 2.80. The first-order chi connectivity index (χ1) is 4.13. The molecule has 0 aliphatic heterocycles. The first-order valence-corrected chi connectivity index (χ1v) is 3.27. The van der Waals surface area contributed by atoms with E-state index in [0.717, 1.165) is 0 Å². The number of halogens is 2.